The number of ether oxygens (including phenoxy) is 1. The highest BCUT2D eigenvalue weighted by Gasteiger charge is 2.26. The smallest absolute Gasteiger partial charge is 0.119 e. The molecule has 0 aliphatic heterocycles. The van der Waals surface area contributed by atoms with Gasteiger partial charge in [-0.2, -0.15) is 0 Å². The van der Waals surface area contributed by atoms with Crippen molar-refractivity contribution in [2.24, 2.45) is 0 Å². The SMILES string of the molecule is COc1ccc2cc(C(C)(C)C(C)O)ccc2c1. The Hall–Kier alpha value is -1.54. The zero-order valence-electron chi connectivity index (χ0n) is 11.4. The first kappa shape index (κ1) is 12.9. The van der Waals surface area contributed by atoms with Gasteiger partial charge in [-0.05, 0) is 35.4 Å². The van der Waals surface area contributed by atoms with Crippen LogP contribution in [0.1, 0.15) is 26.3 Å². The fourth-order valence-electron chi connectivity index (χ4n) is 1.99. The third kappa shape index (κ3) is 2.21. The topological polar surface area (TPSA) is 29.5 Å². The molecule has 1 atom stereocenters. The molecule has 0 fully saturated rings. The second kappa shape index (κ2) is 4.62. The summed E-state index contributed by atoms with van der Waals surface area (Å²) in [6, 6.07) is 12.3. The van der Waals surface area contributed by atoms with Gasteiger partial charge in [-0.15, -0.1) is 0 Å². The summed E-state index contributed by atoms with van der Waals surface area (Å²) in [4.78, 5) is 0. The molecule has 0 saturated heterocycles. The first-order chi connectivity index (χ1) is 8.45. The van der Waals surface area contributed by atoms with E-state index in [0.717, 1.165) is 16.7 Å². The van der Waals surface area contributed by atoms with Crippen LogP contribution < -0.4 is 4.74 Å². The van der Waals surface area contributed by atoms with Crippen molar-refractivity contribution < 1.29 is 9.84 Å². The first-order valence-corrected chi connectivity index (χ1v) is 6.21. The largest absolute Gasteiger partial charge is 0.497 e. The van der Waals surface area contributed by atoms with E-state index in [-0.39, 0.29) is 11.5 Å². The normalized spacial score (nSPS) is 13.6. The highest BCUT2D eigenvalue weighted by molar-refractivity contribution is 5.84. The van der Waals surface area contributed by atoms with Gasteiger partial charge in [0.05, 0.1) is 13.2 Å². The predicted octanol–water partition coefficient (Wildman–Crippen LogP) is 3.51. The van der Waals surface area contributed by atoms with E-state index in [9.17, 15) is 5.11 Å². The van der Waals surface area contributed by atoms with Crippen LogP contribution in [-0.4, -0.2) is 18.3 Å². The number of rotatable bonds is 3. The van der Waals surface area contributed by atoms with Gasteiger partial charge in [-0.1, -0.05) is 38.1 Å². The van der Waals surface area contributed by atoms with Crippen LogP contribution in [0.2, 0.25) is 0 Å². The van der Waals surface area contributed by atoms with Crippen molar-refractivity contribution in [3.8, 4) is 5.75 Å². The van der Waals surface area contributed by atoms with Crippen LogP contribution in [0.5, 0.6) is 5.75 Å². The molecule has 0 aliphatic carbocycles. The molecular formula is C16H20O2. The fraction of sp³-hybridized carbons (Fsp3) is 0.375. The number of hydrogen-bond acceptors (Lipinski definition) is 2. The Morgan fingerprint density at radius 1 is 1.06 bits per heavy atom. The molecule has 0 saturated carbocycles. The molecule has 1 unspecified atom stereocenters. The standard InChI is InChI=1S/C16H20O2/c1-11(17)16(2,3)14-7-5-13-10-15(18-4)8-6-12(13)9-14/h5-11,17H,1-4H3. The van der Waals surface area contributed by atoms with Crippen molar-refractivity contribution >= 4 is 10.8 Å². The van der Waals surface area contributed by atoms with Crippen LogP contribution in [-0.2, 0) is 5.41 Å². The maximum absolute atomic E-state index is 9.87. The monoisotopic (exact) mass is 244 g/mol. The summed E-state index contributed by atoms with van der Waals surface area (Å²) in [5.74, 6) is 0.866. The molecule has 18 heavy (non-hydrogen) atoms. The first-order valence-electron chi connectivity index (χ1n) is 6.21. The van der Waals surface area contributed by atoms with Gasteiger partial charge in [0, 0.05) is 5.41 Å². The zero-order chi connectivity index (χ0) is 13.3. The molecule has 0 radical (unpaired) electrons. The second-order valence-corrected chi connectivity index (χ2v) is 5.33. The summed E-state index contributed by atoms with van der Waals surface area (Å²) in [5, 5.41) is 12.2. The van der Waals surface area contributed by atoms with Gasteiger partial charge in [0.15, 0.2) is 0 Å². The van der Waals surface area contributed by atoms with E-state index in [1.165, 1.54) is 5.39 Å². The molecule has 0 spiro atoms. The molecule has 2 aromatic rings. The number of fused-ring (bicyclic) bond motifs is 1. The summed E-state index contributed by atoms with van der Waals surface area (Å²) in [6.45, 7) is 5.95. The van der Waals surface area contributed by atoms with Gasteiger partial charge in [0.1, 0.15) is 5.75 Å². The van der Waals surface area contributed by atoms with Gasteiger partial charge >= 0.3 is 0 Å². The number of methoxy groups -OCH3 is 1. The average molecular weight is 244 g/mol. The highest BCUT2D eigenvalue weighted by Crippen LogP contribution is 2.30. The van der Waals surface area contributed by atoms with E-state index in [0.29, 0.717) is 0 Å². The minimum absolute atomic E-state index is 0.242. The van der Waals surface area contributed by atoms with Crippen LogP contribution in [0, 0.1) is 0 Å². The van der Waals surface area contributed by atoms with E-state index >= 15 is 0 Å². The summed E-state index contributed by atoms with van der Waals surface area (Å²) >= 11 is 0. The van der Waals surface area contributed by atoms with Crippen LogP contribution in [0.15, 0.2) is 36.4 Å². The molecule has 96 valence electrons. The molecule has 0 aromatic heterocycles. The molecule has 2 aromatic carbocycles. The summed E-state index contributed by atoms with van der Waals surface area (Å²) in [5.41, 5.74) is 0.906. The van der Waals surface area contributed by atoms with Crippen molar-refractivity contribution in [3.05, 3.63) is 42.0 Å². The van der Waals surface area contributed by atoms with E-state index in [1.807, 2.05) is 19.1 Å². The van der Waals surface area contributed by atoms with Gasteiger partial charge < -0.3 is 9.84 Å². The van der Waals surface area contributed by atoms with Crippen LogP contribution in [0.25, 0.3) is 10.8 Å². The number of hydrogen-bond donors (Lipinski definition) is 1. The van der Waals surface area contributed by atoms with Crippen LogP contribution in [0.3, 0.4) is 0 Å². The predicted molar refractivity (Wildman–Crippen MR) is 75.2 cm³/mol. The molecule has 2 heteroatoms. The zero-order valence-corrected chi connectivity index (χ0v) is 11.4. The molecule has 2 rings (SSSR count). The fourth-order valence-corrected chi connectivity index (χ4v) is 1.99. The summed E-state index contributed by atoms with van der Waals surface area (Å²) < 4.78 is 5.22. The van der Waals surface area contributed by atoms with E-state index in [2.05, 4.69) is 38.1 Å². The maximum Gasteiger partial charge on any atom is 0.119 e. The second-order valence-electron chi connectivity index (χ2n) is 5.33. The quantitative estimate of drug-likeness (QED) is 0.895. The van der Waals surface area contributed by atoms with Crippen molar-refractivity contribution in [2.45, 2.75) is 32.3 Å². The Morgan fingerprint density at radius 2 is 1.67 bits per heavy atom. The molecule has 0 heterocycles. The Morgan fingerprint density at radius 3 is 2.28 bits per heavy atom. The summed E-state index contributed by atoms with van der Waals surface area (Å²) in [7, 11) is 1.67. The minimum atomic E-state index is -0.381. The Bertz CT molecular complexity index is 556. The van der Waals surface area contributed by atoms with Crippen molar-refractivity contribution in [1.82, 2.24) is 0 Å². The number of aliphatic hydroxyl groups is 1. The van der Waals surface area contributed by atoms with E-state index in [1.54, 1.807) is 7.11 Å². The molecular weight excluding hydrogens is 224 g/mol. The van der Waals surface area contributed by atoms with Gasteiger partial charge in [-0.25, -0.2) is 0 Å². The van der Waals surface area contributed by atoms with Crippen LogP contribution >= 0.6 is 0 Å². The van der Waals surface area contributed by atoms with Gasteiger partial charge in [0.25, 0.3) is 0 Å². The Labute approximate surface area is 108 Å². The molecule has 2 nitrogen and oxygen atoms in total. The average Bonchev–Trinajstić information content (AvgIpc) is 2.37. The van der Waals surface area contributed by atoms with Crippen molar-refractivity contribution in [3.63, 3.8) is 0 Å². The van der Waals surface area contributed by atoms with Gasteiger partial charge in [-0.3, -0.25) is 0 Å². The minimum Gasteiger partial charge on any atom is -0.497 e. The molecule has 0 bridgehead atoms. The lowest BCUT2D eigenvalue weighted by Crippen LogP contribution is -2.30. The number of aliphatic hydroxyl groups excluding tert-OH is 1. The number of benzene rings is 2. The van der Waals surface area contributed by atoms with E-state index in [4.69, 9.17) is 4.74 Å². The summed E-state index contributed by atoms with van der Waals surface area (Å²) in [6.07, 6.45) is -0.381. The molecule has 1 N–H and O–H groups in total. The van der Waals surface area contributed by atoms with Gasteiger partial charge in [0.2, 0.25) is 0 Å². The molecule has 0 aliphatic rings. The highest BCUT2D eigenvalue weighted by atomic mass is 16.5. The van der Waals surface area contributed by atoms with E-state index < -0.39 is 0 Å². The van der Waals surface area contributed by atoms with Crippen molar-refractivity contribution in [2.75, 3.05) is 7.11 Å². The Kier molecular flexibility index (Phi) is 3.31. The molecule has 0 amide bonds. The maximum atomic E-state index is 9.87. The van der Waals surface area contributed by atoms with Crippen molar-refractivity contribution in [1.29, 1.82) is 0 Å². The lowest BCUT2D eigenvalue weighted by molar-refractivity contribution is 0.118. The van der Waals surface area contributed by atoms with Crippen LogP contribution in [0.4, 0.5) is 0 Å². The third-order valence-corrected chi connectivity index (χ3v) is 3.84. The lowest BCUT2D eigenvalue weighted by atomic mass is 9.79. The Balaban J connectivity index is 2.51. The lowest BCUT2D eigenvalue weighted by Gasteiger charge is -2.28. The third-order valence-electron chi connectivity index (χ3n) is 3.84.